The SMILES string of the molecule is Cn1cccc1C(O)CNC(=O)OCC1c2ccccc2-c2ccccc21. The highest BCUT2D eigenvalue weighted by atomic mass is 16.5. The number of carbonyl (C=O) groups excluding carboxylic acids is 1. The number of benzene rings is 2. The molecule has 1 aliphatic carbocycles. The first-order valence-electron chi connectivity index (χ1n) is 9.03. The third-order valence-electron chi connectivity index (χ3n) is 5.11. The molecule has 27 heavy (non-hydrogen) atoms. The van der Waals surface area contributed by atoms with Gasteiger partial charge in [-0.1, -0.05) is 48.5 Å². The van der Waals surface area contributed by atoms with Crippen LogP contribution in [0.1, 0.15) is 28.8 Å². The molecule has 5 nitrogen and oxygen atoms in total. The van der Waals surface area contributed by atoms with Crippen molar-refractivity contribution >= 4 is 6.09 Å². The zero-order valence-electron chi connectivity index (χ0n) is 15.1. The Kier molecular flexibility index (Phi) is 4.69. The molecule has 1 unspecified atom stereocenters. The number of fused-ring (bicyclic) bond motifs is 3. The first kappa shape index (κ1) is 17.4. The molecule has 0 saturated carbocycles. The predicted octanol–water partition coefficient (Wildman–Crippen LogP) is 3.60. The number of nitrogens with one attached hydrogen (secondary N) is 1. The highest BCUT2D eigenvalue weighted by Crippen LogP contribution is 2.44. The van der Waals surface area contributed by atoms with Crippen LogP contribution < -0.4 is 5.32 Å². The van der Waals surface area contributed by atoms with Crippen molar-refractivity contribution in [3.63, 3.8) is 0 Å². The molecule has 0 radical (unpaired) electrons. The number of aliphatic hydroxyl groups excluding tert-OH is 1. The third kappa shape index (κ3) is 3.34. The summed E-state index contributed by atoms with van der Waals surface area (Å²) in [6, 6.07) is 20.1. The van der Waals surface area contributed by atoms with E-state index in [2.05, 4.69) is 29.6 Å². The van der Waals surface area contributed by atoms with Crippen LogP contribution in [0.4, 0.5) is 4.79 Å². The molecule has 0 bridgehead atoms. The van der Waals surface area contributed by atoms with Crippen LogP contribution in [0.3, 0.4) is 0 Å². The smallest absolute Gasteiger partial charge is 0.407 e. The summed E-state index contributed by atoms with van der Waals surface area (Å²) in [5.41, 5.74) is 5.49. The summed E-state index contributed by atoms with van der Waals surface area (Å²) in [6.07, 6.45) is 0.557. The van der Waals surface area contributed by atoms with Crippen LogP contribution >= 0.6 is 0 Å². The predicted molar refractivity (Wildman–Crippen MR) is 103 cm³/mol. The lowest BCUT2D eigenvalue weighted by atomic mass is 9.98. The van der Waals surface area contributed by atoms with E-state index in [0.29, 0.717) is 0 Å². The van der Waals surface area contributed by atoms with Gasteiger partial charge < -0.3 is 19.7 Å². The number of alkyl carbamates (subject to hydrolysis) is 1. The lowest BCUT2D eigenvalue weighted by Crippen LogP contribution is -2.30. The number of amides is 1. The number of aryl methyl sites for hydroxylation is 1. The van der Waals surface area contributed by atoms with Crippen molar-refractivity contribution in [3.05, 3.63) is 83.7 Å². The Bertz CT molecular complexity index is 918. The summed E-state index contributed by atoms with van der Waals surface area (Å²) in [7, 11) is 1.85. The van der Waals surface area contributed by atoms with E-state index >= 15 is 0 Å². The van der Waals surface area contributed by atoms with Gasteiger partial charge in [-0.25, -0.2) is 4.79 Å². The monoisotopic (exact) mass is 362 g/mol. The quantitative estimate of drug-likeness (QED) is 0.729. The van der Waals surface area contributed by atoms with Gasteiger partial charge in [-0.2, -0.15) is 0 Å². The van der Waals surface area contributed by atoms with E-state index in [1.54, 1.807) is 0 Å². The highest BCUT2D eigenvalue weighted by Gasteiger charge is 2.29. The number of hydrogen-bond donors (Lipinski definition) is 2. The number of hydrogen-bond acceptors (Lipinski definition) is 3. The standard InChI is InChI=1S/C22H22N2O3/c1-24-12-6-11-20(24)21(25)13-23-22(26)27-14-19-17-9-4-2-7-15(17)16-8-3-5-10-18(16)19/h2-12,19,21,25H,13-14H2,1H3,(H,23,26). The summed E-state index contributed by atoms with van der Waals surface area (Å²) in [5, 5.41) is 12.8. The van der Waals surface area contributed by atoms with Gasteiger partial charge in [-0.05, 0) is 34.4 Å². The Hall–Kier alpha value is -3.05. The minimum Gasteiger partial charge on any atom is -0.449 e. The molecule has 4 rings (SSSR count). The number of aliphatic hydroxyl groups is 1. The molecule has 1 aliphatic rings. The van der Waals surface area contributed by atoms with Crippen molar-refractivity contribution in [1.82, 2.24) is 9.88 Å². The molecule has 0 saturated heterocycles. The van der Waals surface area contributed by atoms with Crippen molar-refractivity contribution in [2.45, 2.75) is 12.0 Å². The topological polar surface area (TPSA) is 63.5 Å². The molecule has 5 heteroatoms. The van der Waals surface area contributed by atoms with Gasteiger partial charge >= 0.3 is 6.09 Å². The first-order valence-corrected chi connectivity index (χ1v) is 9.03. The molecule has 0 spiro atoms. The minimum atomic E-state index is -0.773. The molecule has 2 N–H and O–H groups in total. The van der Waals surface area contributed by atoms with Crippen molar-refractivity contribution in [3.8, 4) is 11.1 Å². The Labute approximate surface area is 158 Å². The maximum absolute atomic E-state index is 12.1. The fraction of sp³-hybridized carbons (Fsp3) is 0.227. The van der Waals surface area contributed by atoms with E-state index in [1.165, 1.54) is 22.3 Å². The molecule has 0 fully saturated rings. The van der Waals surface area contributed by atoms with Crippen LogP contribution in [-0.2, 0) is 11.8 Å². The van der Waals surface area contributed by atoms with E-state index in [1.807, 2.05) is 54.2 Å². The average molecular weight is 362 g/mol. The zero-order chi connectivity index (χ0) is 18.8. The second-order valence-corrected chi connectivity index (χ2v) is 6.77. The molecule has 1 heterocycles. The molecular formula is C22H22N2O3. The number of rotatable bonds is 5. The van der Waals surface area contributed by atoms with Gasteiger partial charge in [0.2, 0.25) is 0 Å². The van der Waals surface area contributed by atoms with Gasteiger partial charge in [0.15, 0.2) is 0 Å². The van der Waals surface area contributed by atoms with E-state index in [0.717, 1.165) is 5.69 Å². The van der Waals surface area contributed by atoms with E-state index < -0.39 is 12.2 Å². The number of aromatic nitrogens is 1. The van der Waals surface area contributed by atoms with Crippen LogP contribution in [0.5, 0.6) is 0 Å². The van der Waals surface area contributed by atoms with Gasteiger partial charge in [-0.3, -0.25) is 0 Å². The van der Waals surface area contributed by atoms with Crippen LogP contribution in [0.2, 0.25) is 0 Å². The van der Waals surface area contributed by atoms with Gasteiger partial charge in [0.1, 0.15) is 12.7 Å². The molecule has 3 aromatic rings. The van der Waals surface area contributed by atoms with Crippen LogP contribution in [0, 0.1) is 0 Å². The van der Waals surface area contributed by atoms with Gasteiger partial charge in [-0.15, -0.1) is 0 Å². The second kappa shape index (κ2) is 7.29. The zero-order valence-corrected chi connectivity index (χ0v) is 15.1. The van der Waals surface area contributed by atoms with E-state index in [9.17, 15) is 9.90 Å². The molecule has 138 valence electrons. The molecular weight excluding hydrogens is 340 g/mol. The highest BCUT2D eigenvalue weighted by molar-refractivity contribution is 5.79. The molecule has 1 amide bonds. The molecule has 0 aliphatic heterocycles. The fourth-order valence-corrected chi connectivity index (χ4v) is 3.75. The Morgan fingerprint density at radius 1 is 1.07 bits per heavy atom. The largest absolute Gasteiger partial charge is 0.449 e. The third-order valence-corrected chi connectivity index (χ3v) is 5.11. The number of nitrogens with zero attached hydrogens (tertiary/aromatic N) is 1. The lowest BCUT2D eigenvalue weighted by molar-refractivity contribution is 0.126. The average Bonchev–Trinajstić information content (AvgIpc) is 3.26. The Morgan fingerprint density at radius 2 is 1.70 bits per heavy atom. The molecule has 1 aromatic heterocycles. The second-order valence-electron chi connectivity index (χ2n) is 6.77. The Balaban J connectivity index is 1.39. The van der Waals surface area contributed by atoms with Crippen LogP contribution in [0.25, 0.3) is 11.1 Å². The van der Waals surface area contributed by atoms with Crippen molar-refractivity contribution in [1.29, 1.82) is 0 Å². The maximum atomic E-state index is 12.1. The summed E-state index contributed by atoms with van der Waals surface area (Å²) >= 11 is 0. The van der Waals surface area contributed by atoms with Gasteiger partial charge in [0.05, 0.1) is 6.54 Å². The maximum Gasteiger partial charge on any atom is 0.407 e. The van der Waals surface area contributed by atoms with Crippen LogP contribution in [0.15, 0.2) is 66.9 Å². The summed E-state index contributed by atoms with van der Waals surface area (Å²) < 4.78 is 7.29. The fourth-order valence-electron chi connectivity index (χ4n) is 3.75. The minimum absolute atomic E-state index is 0.0287. The lowest BCUT2D eigenvalue weighted by Gasteiger charge is -2.16. The number of carbonyl (C=O) groups is 1. The summed E-state index contributed by atoms with van der Waals surface area (Å²) in [6.45, 7) is 0.370. The van der Waals surface area contributed by atoms with Gasteiger partial charge in [0.25, 0.3) is 0 Å². The number of ether oxygens (including phenoxy) is 1. The molecule has 2 aromatic carbocycles. The van der Waals surface area contributed by atoms with Gasteiger partial charge in [0, 0.05) is 24.9 Å². The van der Waals surface area contributed by atoms with Crippen molar-refractivity contribution in [2.24, 2.45) is 7.05 Å². The molecule has 1 atom stereocenters. The van der Waals surface area contributed by atoms with E-state index in [4.69, 9.17) is 4.74 Å². The van der Waals surface area contributed by atoms with E-state index in [-0.39, 0.29) is 19.1 Å². The normalized spacial score (nSPS) is 13.7. The van der Waals surface area contributed by atoms with Crippen molar-refractivity contribution < 1.29 is 14.6 Å². The first-order chi connectivity index (χ1) is 13.1. The Morgan fingerprint density at radius 3 is 2.30 bits per heavy atom. The summed E-state index contributed by atoms with van der Waals surface area (Å²) in [4.78, 5) is 12.1. The summed E-state index contributed by atoms with van der Waals surface area (Å²) in [5.74, 6) is 0.0287. The van der Waals surface area contributed by atoms with Crippen molar-refractivity contribution in [2.75, 3.05) is 13.2 Å². The van der Waals surface area contributed by atoms with Crippen LogP contribution in [-0.4, -0.2) is 28.9 Å².